The summed E-state index contributed by atoms with van der Waals surface area (Å²) < 4.78 is 0. The molecule has 2 nitrogen and oxygen atoms in total. The van der Waals surface area contributed by atoms with Gasteiger partial charge in [0.2, 0.25) is 0 Å². The lowest BCUT2D eigenvalue weighted by Gasteiger charge is -2.08. The first-order valence-electron chi connectivity index (χ1n) is 8.24. The van der Waals surface area contributed by atoms with Crippen molar-refractivity contribution in [3.8, 4) is 0 Å². The summed E-state index contributed by atoms with van der Waals surface area (Å²) in [5, 5.41) is 7.01. The van der Waals surface area contributed by atoms with Crippen LogP contribution in [-0.2, 0) is 6.54 Å². The summed E-state index contributed by atoms with van der Waals surface area (Å²) in [5.41, 5.74) is 2.80. The topological polar surface area (TPSA) is 24.1 Å². The Labute approximate surface area is 125 Å². The molecule has 0 aromatic heterocycles. The molecule has 0 atom stereocenters. The molecule has 114 valence electrons. The van der Waals surface area contributed by atoms with Crippen LogP contribution in [0.25, 0.3) is 0 Å². The van der Waals surface area contributed by atoms with E-state index in [-0.39, 0.29) is 0 Å². The van der Waals surface area contributed by atoms with Crippen LogP contribution in [0.2, 0.25) is 0 Å². The fraction of sp³-hybridized carbons (Fsp3) is 0.667. The fourth-order valence-corrected chi connectivity index (χ4v) is 2.22. The largest absolute Gasteiger partial charge is 0.317 e. The Morgan fingerprint density at radius 2 is 1.50 bits per heavy atom. The first kappa shape index (κ1) is 17.2. The Morgan fingerprint density at radius 1 is 0.850 bits per heavy atom. The Bertz CT molecular complexity index is 330. The molecule has 1 rings (SSSR count). The molecular formula is C18H32N2. The predicted octanol–water partition coefficient (Wildman–Crippen LogP) is 4.07. The number of rotatable bonds is 11. The zero-order valence-electron chi connectivity index (χ0n) is 13.5. The van der Waals surface area contributed by atoms with Crippen molar-refractivity contribution in [3.63, 3.8) is 0 Å². The van der Waals surface area contributed by atoms with Crippen LogP contribution < -0.4 is 10.6 Å². The molecule has 1 aromatic rings. The van der Waals surface area contributed by atoms with E-state index in [9.17, 15) is 0 Å². The summed E-state index contributed by atoms with van der Waals surface area (Å²) in [5.74, 6) is 0.621. The molecule has 0 heterocycles. The van der Waals surface area contributed by atoms with Gasteiger partial charge < -0.3 is 10.6 Å². The van der Waals surface area contributed by atoms with Crippen molar-refractivity contribution < 1.29 is 0 Å². The Morgan fingerprint density at radius 3 is 2.15 bits per heavy atom. The van der Waals surface area contributed by atoms with Crippen molar-refractivity contribution in [2.45, 2.75) is 58.9 Å². The maximum Gasteiger partial charge on any atom is 0.0205 e. The molecular weight excluding hydrogens is 244 g/mol. The van der Waals surface area contributed by atoms with Crippen LogP contribution in [0.4, 0.5) is 0 Å². The van der Waals surface area contributed by atoms with Gasteiger partial charge in [-0.3, -0.25) is 0 Å². The molecule has 2 N–H and O–H groups in total. The third-order valence-corrected chi connectivity index (χ3v) is 3.64. The minimum absolute atomic E-state index is 0.621. The Hall–Kier alpha value is -0.860. The van der Waals surface area contributed by atoms with Gasteiger partial charge in [0, 0.05) is 6.54 Å². The molecule has 0 unspecified atom stereocenters. The van der Waals surface area contributed by atoms with Gasteiger partial charge in [0.1, 0.15) is 0 Å². The standard InChI is InChI=1S/C18H32N2/c1-4-5-6-12-19-13-7-14-20-15-17-8-10-18(11-9-17)16(2)3/h8-11,16,19-20H,4-7,12-15H2,1-3H3. The number of benzene rings is 1. The van der Waals surface area contributed by atoms with E-state index in [1.807, 2.05) is 0 Å². The monoisotopic (exact) mass is 276 g/mol. The molecule has 0 aliphatic heterocycles. The first-order chi connectivity index (χ1) is 9.74. The molecule has 2 heteroatoms. The minimum atomic E-state index is 0.621. The van der Waals surface area contributed by atoms with E-state index in [0.29, 0.717) is 5.92 Å². The van der Waals surface area contributed by atoms with Crippen molar-refractivity contribution in [3.05, 3.63) is 35.4 Å². The van der Waals surface area contributed by atoms with Crippen LogP contribution in [0.3, 0.4) is 0 Å². The van der Waals surface area contributed by atoms with Crippen LogP contribution in [-0.4, -0.2) is 19.6 Å². The average Bonchev–Trinajstić information content (AvgIpc) is 2.46. The van der Waals surface area contributed by atoms with Gasteiger partial charge in [-0.1, -0.05) is 57.9 Å². The second-order valence-electron chi connectivity index (χ2n) is 5.88. The van der Waals surface area contributed by atoms with Gasteiger partial charge in [-0.05, 0) is 49.5 Å². The average molecular weight is 276 g/mol. The summed E-state index contributed by atoms with van der Waals surface area (Å²) in [7, 11) is 0. The lowest BCUT2D eigenvalue weighted by Crippen LogP contribution is -2.22. The van der Waals surface area contributed by atoms with Gasteiger partial charge in [-0.15, -0.1) is 0 Å². The molecule has 0 bridgehead atoms. The summed E-state index contributed by atoms with van der Waals surface area (Å²) >= 11 is 0. The van der Waals surface area contributed by atoms with E-state index in [0.717, 1.165) is 19.6 Å². The highest BCUT2D eigenvalue weighted by Gasteiger charge is 1.98. The van der Waals surface area contributed by atoms with E-state index >= 15 is 0 Å². The normalized spacial score (nSPS) is 11.2. The second-order valence-corrected chi connectivity index (χ2v) is 5.88. The zero-order chi connectivity index (χ0) is 14.6. The zero-order valence-corrected chi connectivity index (χ0v) is 13.5. The lowest BCUT2D eigenvalue weighted by atomic mass is 10.0. The van der Waals surface area contributed by atoms with Crippen molar-refractivity contribution >= 4 is 0 Å². The van der Waals surface area contributed by atoms with Gasteiger partial charge in [-0.25, -0.2) is 0 Å². The lowest BCUT2D eigenvalue weighted by molar-refractivity contribution is 0.572. The molecule has 0 amide bonds. The van der Waals surface area contributed by atoms with Crippen molar-refractivity contribution in [1.82, 2.24) is 10.6 Å². The summed E-state index contributed by atoms with van der Waals surface area (Å²) in [6.07, 6.45) is 5.17. The maximum absolute atomic E-state index is 3.51. The molecule has 0 saturated carbocycles. The fourth-order valence-electron chi connectivity index (χ4n) is 2.22. The van der Waals surface area contributed by atoms with E-state index < -0.39 is 0 Å². The van der Waals surface area contributed by atoms with Crippen LogP contribution in [0.15, 0.2) is 24.3 Å². The minimum Gasteiger partial charge on any atom is -0.317 e. The van der Waals surface area contributed by atoms with E-state index in [4.69, 9.17) is 0 Å². The maximum atomic E-state index is 3.51. The Kier molecular flexibility index (Phi) is 9.35. The van der Waals surface area contributed by atoms with E-state index in [2.05, 4.69) is 55.7 Å². The third-order valence-electron chi connectivity index (χ3n) is 3.64. The van der Waals surface area contributed by atoms with E-state index in [1.165, 1.54) is 43.4 Å². The van der Waals surface area contributed by atoms with E-state index in [1.54, 1.807) is 0 Å². The second kappa shape index (κ2) is 10.9. The van der Waals surface area contributed by atoms with Crippen molar-refractivity contribution in [2.75, 3.05) is 19.6 Å². The highest BCUT2D eigenvalue weighted by Crippen LogP contribution is 2.14. The molecule has 0 aliphatic rings. The van der Waals surface area contributed by atoms with Crippen LogP contribution in [0.1, 0.15) is 63.5 Å². The number of hydrogen-bond acceptors (Lipinski definition) is 2. The molecule has 0 radical (unpaired) electrons. The molecule has 20 heavy (non-hydrogen) atoms. The van der Waals surface area contributed by atoms with Crippen LogP contribution >= 0.6 is 0 Å². The number of nitrogens with one attached hydrogen (secondary N) is 2. The van der Waals surface area contributed by atoms with Gasteiger partial charge in [-0.2, -0.15) is 0 Å². The Balaban J connectivity index is 2.01. The molecule has 0 spiro atoms. The van der Waals surface area contributed by atoms with Gasteiger partial charge >= 0.3 is 0 Å². The van der Waals surface area contributed by atoms with Crippen molar-refractivity contribution in [2.24, 2.45) is 0 Å². The predicted molar refractivity (Wildman–Crippen MR) is 89.2 cm³/mol. The van der Waals surface area contributed by atoms with Gasteiger partial charge in [0.15, 0.2) is 0 Å². The number of unbranched alkanes of at least 4 members (excludes halogenated alkanes) is 2. The summed E-state index contributed by atoms with van der Waals surface area (Å²) in [6.45, 7) is 11.1. The molecule has 1 aromatic carbocycles. The summed E-state index contributed by atoms with van der Waals surface area (Å²) in [4.78, 5) is 0. The van der Waals surface area contributed by atoms with Gasteiger partial charge in [0.05, 0.1) is 0 Å². The highest BCUT2D eigenvalue weighted by atomic mass is 14.9. The van der Waals surface area contributed by atoms with Crippen LogP contribution in [0.5, 0.6) is 0 Å². The first-order valence-corrected chi connectivity index (χ1v) is 8.24. The quantitative estimate of drug-likeness (QED) is 0.595. The number of hydrogen-bond donors (Lipinski definition) is 2. The van der Waals surface area contributed by atoms with Crippen molar-refractivity contribution in [1.29, 1.82) is 0 Å². The highest BCUT2D eigenvalue weighted by molar-refractivity contribution is 5.24. The van der Waals surface area contributed by atoms with Crippen LogP contribution in [0, 0.1) is 0 Å². The molecule has 0 aliphatic carbocycles. The smallest absolute Gasteiger partial charge is 0.0205 e. The summed E-state index contributed by atoms with van der Waals surface area (Å²) in [6, 6.07) is 8.98. The molecule has 0 fully saturated rings. The van der Waals surface area contributed by atoms with Gasteiger partial charge in [0.25, 0.3) is 0 Å². The SMILES string of the molecule is CCCCCNCCCNCc1ccc(C(C)C)cc1. The molecule has 0 saturated heterocycles. The third kappa shape index (κ3) is 7.66.